The number of aryl methyl sites for hydroxylation is 1. The highest BCUT2D eigenvalue weighted by molar-refractivity contribution is 5.99. The summed E-state index contributed by atoms with van der Waals surface area (Å²) in [5.41, 5.74) is 10.1. The standard InChI is InChI=1S/C23H15FN8/c1-31-18-5-3-2-4-15(18)29-22(31)19-20-23(30-17(11-26)16(10-25)28-20)32(21(19)27)12-13-6-8-14(24)9-7-13/h2-9H,12,27H2,1H3. The van der Waals surface area contributed by atoms with Gasteiger partial charge >= 0.3 is 0 Å². The van der Waals surface area contributed by atoms with Crippen LogP contribution in [0.5, 0.6) is 0 Å². The number of hydrogen-bond donors (Lipinski definition) is 1. The Morgan fingerprint density at radius 2 is 1.66 bits per heavy atom. The zero-order valence-corrected chi connectivity index (χ0v) is 16.9. The summed E-state index contributed by atoms with van der Waals surface area (Å²) in [6, 6.07) is 17.5. The lowest BCUT2D eigenvalue weighted by molar-refractivity contribution is 0.626. The molecule has 0 radical (unpaired) electrons. The van der Waals surface area contributed by atoms with Crippen molar-refractivity contribution in [1.29, 1.82) is 10.5 Å². The van der Waals surface area contributed by atoms with E-state index < -0.39 is 0 Å². The summed E-state index contributed by atoms with van der Waals surface area (Å²) in [6.45, 7) is 0.276. The molecule has 3 heterocycles. The monoisotopic (exact) mass is 422 g/mol. The Morgan fingerprint density at radius 3 is 2.34 bits per heavy atom. The number of imidazole rings is 1. The fourth-order valence-electron chi connectivity index (χ4n) is 3.83. The Kier molecular flexibility index (Phi) is 4.31. The molecular weight excluding hydrogens is 407 g/mol. The molecule has 0 unspecified atom stereocenters. The van der Waals surface area contributed by atoms with Crippen molar-refractivity contribution in [3.63, 3.8) is 0 Å². The van der Waals surface area contributed by atoms with Gasteiger partial charge in [0.25, 0.3) is 0 Å². The average molecular weight is 422 g/mol. The lowest BCUT2D eigenvalue weighted by atomic mass is 10.2. The van der Waals surface area contributed by atoms with Crippen LogP contribution in [-0.2, 0) is 13.6 Å². The van der Waals surface area contributed by atoms with Crippen molar-refractivity contribution in [3.8, 4) is 23.5 Å². The van der Waals surface area contributed by atoms with Gasteiger partial charge in [0, 0.05) is 7.05 Å². The normalized spacial score (nSPS) is 11.0. The molecule has 0 fully saturated rings. The minimum atomic E-state index is -0.343. The van der Waals surface area contributed by atoms with Gasteiger partial charge < -0.3 is 14.9 Å². The molecule has 32 heavy (non-hydrogen) atoms. The summed E-state index contributed by atoms with van der Waals surface area (Å²) < 4.78 is 17.0. The number of para-hydroxylation sites is 2. The minimum Gasteiger partial charge on any atom is -0.384 e. The predicted octanol–water partition coefficient (Wildman–Crippen LogP) is 3.50. The molecule has 0 atom stereocenters. The van der Waals surface area contributed by atoms with Crippen molar-refractivity contribution in [2.24, 2.45) is 7.05 Å². The van der Waals surface area contributed by atoms with E-state index in [4.69, 9.17) is 10.7 Å². The summed E-state index contributed by atoms with van der Waals surface area (Å²) in [5, 5.41) is 18.9. The van der Waals surface area contributed by atoms with Gasteiger partial charge in [-0.3, -0.25) is 0 Å². The van der Waals surface area contributed by atoms with E-state index in [-0.39, 0.29) is 23.7 Å². The van der Waals surface area contributed by atoms with Gasteiger partial charge in [-0.05, 0) is 29.8 Å². The van der Waals surface area contributed by atoms with E-state index in [1.165, 1.54) is 12.1 Å². The fraction of sp³-hybridized carbons (Fsp3) is 0.0870. The lowest BCUT2D eigenvalue weighted by Gasteiger charge is -2.08. The third kappa shape index (κ3) is 2.84. The molecular formula is C23H15FN8. The van der Waals surface area contributed by atoms with E-state index in [0.29, 0.717) is 28.4 Å². The zero-order valence-electron chi connectivity index (χ0n) is 16.9. The van der Waals surface area contributed by atoms with Gasteiger partial charge in [-0.2, -0.15) is 10.5 Å². The maximum Gasteiger partial charge on any atom is 0.179 e. The number of anilines is 1. The van der Waals surface area contributed by atoms with Crippen molar-refractivity contribution >= 4 is 28.0 Å². The van der Waals surface area contributed by atoms with Crippen molar-refractivity contribution in [2.45, 2.75) is 6.54 Å². The van der Waals surface area contributed by atoms with Crippen LogP contribution in [0.15, 0.2) is 48.5 Å². The van der Waals surface area contributed by atoms with Gasteiger partial charge in [0.2, 0.25) is 0 Å². The molecule has 0 aliphatic rings. The summed E-state index contributed by atoms with van der Waals surface area (Å²) in [7, 11) is 1.87. The highest BCUT2D eigenvalue weighted by Crippen LogP contribution is 2.36. The molecule has 0 saturated carbocycles. The zero-order chi connectivity index (χ0) is 22.4. The second-order valence-corrected chi connectivity index (χ2v) is 7.27. The van der Waals surface area contributed by atoms with Crippen molar-refractivity contribution in [2.75, 3.05) is 5.73 Å². The molecule has 0 amide bonds. The molecule has 154 valence electrons. The van der Waals surface area contributed by atoms with Gasteiger partial charge in [0.15, 0.2) is 17.0 Å². The quantitative estimate of drug-likeness (QED) is 0.475. The number of benzene rings is 2. The first kappa shape index (κ1) is 19.2. The average Bonchev–Trinajstić information content (AvgIpc) is 3.27. The minimum absolute atomic E-state index is 0.0843. The second kappa shape index (κ2) is 7.18. The molecule has 0 bridgehead atoms. The van der Waals surface area contributed by atoms with Crippen LogP contribution in [-0.4, -0.2) is 24.1 Å². The van der Waals surface area contributed by atoms with Gasteiger partial charge in [-0.25, -0.2) is 19.3 Å². The van der Waals surface area contributed by atoms with Crippen LogP contribution in [0.3, 0.4) is 0 Å². The summed E-state index contributed by atoms with van der Waals surface area (Å²) >= 11 is 0. The number of nitriles is 2. The number of hydrogen-bond acceptors (Lipinski definition) is 6. The SMILES string of the molecule is Cn1c(-c2c(N)n(Cc3ccc(F)cc3)c3nc(C#N)c(C#N)nc23)nc2ccccc21. The third-order valence-electron chi connectivity index (χ3n) is 5.39. The molecule has 2 aromatic carbocycles. The van der Waals surface area contributed by atoms with Crippen LogP contribution in [0.25, 0.3) is 33.6 Å². The van der Waals surface area contributed by atoms with Gasteiger partial charge in [-0.1, -0.05) is 24.3 Å². The third-order valence-corrected chi connectivity index (χ3v) is 5.39. The van der Waals surface area contributed by atoms with E-state index in [1.54, 1.807) is 16.7 Å². The van der Waals surface area contributed by atoms with Crippen LogP contribution >= 0.6 is 0 Å². The van der Waals surface area contributed by atoms with Crippen LogP contribution < -0.4 is 5.73 Å². The van der Waals surface area contributed by atoms with E-state index in [9.17, 15) is 14.9 Å². The first-order chi connectivity index (χ1) is 15.5. The van der Waals surface area contributed by atoms with Gasteiger partial charge in [0.1, 0.15) is 35.1 Å². The molecule has 9 heteroatoms. The Hall–Kier alpha value is -4.76. The first-order valence-corrected chi connectivity index (χ1v) is 9.68. The van der Waals surface area contributed by atoms with E-state index in [2.05, 4.69) is 9.97 Å². The molecule has 0 aliphatic carbocycles. The number of nitrogen functional groups attached to an aromatic ring is 1. The van der Waals surface area contributed by atoms with E-state index >= 15 is 0 Å². The second-order valence-electron chi connectivity index (χ2n) is 7.27. The Morgan fingerprint density at radius 1 is 0.969 bits per heavy atom. The van der Waals surface area contributed by atoms with E-state index in [0.717, 1.165) is 16.6 Å². The predicted molar refractivity (Wildman–Crippen MR) is 117 cm³/mol. The number of fused-ring (bicyclic) bond motifs is 2. The largest absolute Gasteiger partial charge is 0.384 e. The van der Waals surface area contributed by atoms with E-state index in [1.807, 2.05) is 48.0 Å². The number of nitrogens with zero attached hydrogens (tertiary/aromatic N) is 7. The summed E-state index contributed by atoms with van der Waals surface area (Å²) in [6.07, 6.45) is 0. The Labute approximate surface area is 181 Å². The highest BCUT2D eigenvalue weighted by Gasteiger charge is 2.25. The van der Waals surface area contributed by atoms with Crippen molar-refractivity contribution < 1.29 is 4.39 Å². The molecule has 3 aromatic heterocycles. The number of halogens is 1. The summed E-state index contributed by atoms with van der Waals surface area (Å²) in [5.74, 6) is 0.556. The number of aromatic nitrogens is 5. The first-order valence-electron chi connectivity index (χ1n) is 9.68. The molecule has 0 aliphatic heterocycles. The summed E-state index contributed by atoms with van der Waals surface area (Å²) in [4.78, 5) is 13.6. The molecule has 2 N–H and O–H groups in total. The topological polar surface area (TPSA) is 122 Å². The maximum atomic E-state index is 13.4. The Bertz CT molecular complexity index is 1600. The molecule has 0 saturated heterocycles. The van der Waals surface area contributed by atoms with Crippen LogP contribution in [0.2, 0.25) is 0 Å². The van der Waals surface area contributed by atoms with Crippen molar-refractivity contribution in [1.82, 2.24) is 24.1 Å². The lowest BCUT2D eigenvalue weighted by Crippen LogP contribution is -2.06. The maximum absolute atomic E-state index is 13.4. The Balaban J connectivity index is 1.83. The van der Waals surface area contributed by atoms with Gasteiger partial charge in [0.05, 0.1) is 23.1 Å². The number of rotatable bonds is 3. The van der Waals surface area contributed by atoms with Crippen molar-refractivity contribution in [3.05, 3.63) is 71.3 Å². The van der Waals surface area contributed by atoms with Crippen LogP contribution in [0.1, 0.15) is 17.0 Å². The highest BCUT2D eigenvalue weighted by atomic mass is 19.1. The molecule has 8 nitrogen and oxygen atoms in total. The molecule has 5 aromatic rings. The molecule has 5 rings (SSSR count). The number of nitrogens with two attached hydrogens (primary N) is 1. The van der Waals surface area contributed by atoms with Crippen LogP contribution in [0, 0.1) is 28.5 Å². The smallest absolute Gasteiger partial charge is 0.179 e. The fourth-order valence-corrected chi connectivity index (χ4v) is 3.83. The van der Waals surface area contributed by atoms with Crippen LogP contribution in [0.4, 0.5) is 10.2 Å². The molecule has 0 spiro atoms. The van der Waals surface area contributed by atoms with Gasteiger partial charge in [-0.15, -0.1) is 0 Å².